The lowest BCUT2D eigenvalue weighted by Crippen LogP contribution is -2.52. The van der Waals surface area contributed by atoms with Crippen molar-refractivity contribution in [1.29, 1.82) is 0 Å². The van der Waals surface area contributed by atoms with Gasteiger partial charge in [0.2, 0.25) is 5.91 Å². The highest BCUT2D eigenvalue weighted by molar-refractivity contribution is 6.02. The van der Waals surface area contributed by atoms with E-state index >= 15 is 0 Å². The van der Waals surface area contributed by atoms with Crippen molar-refractivity contribution in [2.45, 2.75) is 51.5 Å². The highest BCUT2D eigenvalue weighted by Crippen LogP contribution is 2.33. The summed E-state index contributed by atoms with van der Waals surface area (Å²) in [5.74, 6) is 0.396. The van der Waals surface area contributed by atoms with E-state index in [0.717, 1.165) is 75.3 Å². The second-order valence-electron chi connectivity index (χ2n) is 9.01. The predicted octanol–water partition coefficient (Wildman–Crippen LogP) is 3.19. The molecule has 1 aliphatic carbocycles. The number of piperazine rings is 1. The molecule has 1 saturated carbocycles. The minimum atomic E-state index is 0.110. The molecule has 2 aliphatic heterocycles. The smallest absolute Gasteiger partial charge is 0.256 e. The van der Waals surface area contributed by atoms with Gasteiger partial charge in [-0.05, 0) is 57.9 Å². The summed E-state index contributed by atoms with van der Waals surface area (Å²) in [4.78, 5) is 32.4. The molecule has 0 radical (unpaired) electrons. The van der Waals surface area contributed by atoms with Crippen LogP contribution in [0.25, 0.3) is 0 Å². The summed E-state index contributed by atoms with van der Waals surface area (Å²) in [6, 6.07) is 6.05. The topological polar surface area (TPSA) is 55.9 Å². The van der Waals surface area contributed by atoms with E-state index < -0.39 is 0 Å². The molecule has 1 aromatic rings. The Morgan fingerprint density at radius 3 is 2.38 bits per heavy atom. The van der Waals surface area contributed by atoms with Crippen molar-refractivity contribution in [2.24, 2.45) is 5.92 Å². The number of hydrogen-bond donors (Lipinski definition) is 1. The summed E-state index contributed by atoms with van der Waals surface area (Å²) >= 11 is 0. The van der Waals surface area contributed by atoms with Crippen LogP contribution in [0.15, 0.2) is 18.2 Å². The van der Waals surface area contributed by atoms with Gasteiger partial charge in [0.25, 0.3) is 5.91 Å². The zero-order valence-electron chi connectivity index (χ0n) is 17.8. The summed E-state index contributed by atoms with van der Waals surface area (Å²) in [5, 5.41) is 3.06. The minimum Gasteiger partial charge on any atom is -0.371 e. The fourth-order valence-corrected chi connectivity index (χ4v) is 4.55. The molecule has 2 heterocycles. The van der Waals surface area contributed by atoms with Gasteiger partial charge in [-0.15, -0.1) is 0 Å². The maximum absolute atomic E-state index is 13.5. The molecular formula is C23H34N4O2. The zero-order chi connectivity index (χ0) is 20.4. The number of likely N-dealkylation sites (N-methyl/N-ethyl adjacent to an activating group) is 1. The number of amides is 2. The first kappa shape index (κ1) is 20.2. The highest BCUT2D eigenvalue weighted by atomic mass is 16.2. The normalized spacial score (nSPS) is 23.6. The van der Waals surface area contributed by atoms with E-state index in [2.05, 4.69) is 29.1 Å². The largest absolute Gasteiger partial charge is 0.371 e. The molecule has 29 heavy (non-hydrogen) atoms. The third-order valence-corrected chi connectivity index (χ3v) is 6.48. The van der Waals surface area contributed by atoms with Crippen molar-refractivity contribution >= 4 is 23.2 Å². The van der Waals surface area contributed by atoms with Crippen molar-refractivity contribution in [1.82, 2.24) is 9.80 Å². The van der Waals surface area contributed by atoms with Crippen LogP contribution in [0.3, 0.4) is 0 Å². The van der Waals surface area contributed by atoms with E-state index in [1.54, 1.807) is 0 Å². The first-order chi connectivity index (χ1) is 14.0. The number of nitrogens with zero attached hydrogens (tertiary/aromatic N) is 3. The van der Waals surface area contributed by atoms with E-state index in [0.29, 0.717) is 0 Å². The average molecular weight is 399 g/mol. The minimum absolute atomic E-state index is 0.110. The van der Waals surface area contributed by atoms with Crippen LogP contribution in [0.4, 0.5) is 11.4 Å². The molecule has 0 aromatic heterocycles. The molecule has 6 nitrogen and oxygen atoms in total. The van der Waals surface area contributed by atoms with Gasteiger partial charge in [-0.25, -0.2) is 0 Å². The van der Waals surface area contributed by atoms with Crippen LogP contribution in [0.1, 0.15) is 55.8 Å². The van der Waals surface area contributed by atoms with Crippen LogP contribution in [-0.4, -0.2) is 67.4 Å². The second-order valence-corrected chi connectivity index (χ2v) is 9.01. The number of anilines is 2. The van der Waals surface area contributed by atoms with Gasteiger partial charge >= 0.3 is 0 Å². The lowest BCUT2D eigenvalue weighted by Gasteiger charge is -2.39. The number of benzene rings is 1. The quantitative estimate of drug-likeness (QED) is 0.846. The summed E-state index contributed by atoms with van der Waals surface area (Å²) in [7, 11) is 2.11. The standard InChI is InChI=1S/C23H34N4O2/c1-17-16-25(2)13-14-27(17)23(29)20-10-9-19(24-22(28)18-7-8-18)15-21(20)26-11-5-3-4-6-12-26/h9-10,15,17-18H,3-8,11-14,16H2,1-2H3,(H,24,28). The lowest BCUT2D eigenvalue weighted by molar-refractivity contribution is -0.117. The highest BCUT2D eigenvalue weighted by Gasteiger charge is 2.31. The molecule has 2 amide bonds. The van der Waals surface area contributed by atoms with Gasteiger partial charge < -0.3 is 20.0 Å². The van der Waals surface area contributed by atoms with Gasteiger partial charge in [0.1, 0.15) is 0 Å². The van der Waals surface area contributed by atoms with Crippen LogP contribution in [-0.2, 0) is 4.79 Å². The van der Waals surface area contributed by atoms with Gasteiger partial charge in [0.15, 0.2) is 0 Å². The molecule has 158 valence electrons. The molecule has 0 spiro atoms. The zero-order valence-corrected chi connectivity index (χ0v) is 17.8. The van der Waals surface area contributed by atoms with E-state index in [9.17, 15) is 9.59 Å². The Morgan fingerprint density at radius 1 is 1.00 bits per heavy atom. The molecule has 3 aliphatic rings. The molecule has 6 heteroatoms. The van der Waals surface area contributed by atoms with Crippen LogP contribution >= 0.6 is 0 Å². The summed E-state index contributed by atoms with van der Waals surface area (Å²) < 4.78 is 0. The second kappa shape index (κ2) is 8.74. The maximum atomic E-state index is 13.5. The molecule has 4 rings (SSSR count). The molecule has 1 unspecified atom stereocenters. The molecule has 1 N–H and O–H groups in total. The van der Waals surface area contributed by atoms with E-state index in [1.807, 2.05) is 23.1 Å². The number of carbonyl (C=O) groups is 2. The Labute approximate surface area is 174 Å². The summed E-state index contributed by atoms with van der Waals surface area (Å²) in [5.41, 5.74) is 2.56. The summed E-state index contributed by atoms with van der Waals surface area (Å²) in [6.45, 7) is 6.64. The Bertz CT molecular complexity index is 753. The third kappa shape index (κ3) is 4.74. The van der Waals surface area contributed by atoms with E-state index in [1.165, 1.54) is 12.8 Å². The molecule has 1 atom stereocenters. The van der Waals surface area contributed by atoms with Crippen molar-refractivity contribution < 1.29 is 9.59 Å². The molecule has 3 fully saturated rings. The first-order valence-electron chi connectivity index (χ1n) is 11.2. The monoisotopic (exact) mass is 398 g/mol. The van der Waals surface area contributed by atoms with Crippen LogP contribution in [0.2, 0.25) is 0 Å². The van der Waals surface area contributed by atoms with Gasteiger partial charge in [-0.1, -0.05) is 12.8 Å². The lowest BCUT2D eigenvalue weighted by atomic mass is 10.1. The van der Waals surface area contributed by atoms with Crippen LogP contribution in [0, 0.1) is 5.92 Å². The predicted molar refractivity (Wildman–Crippen MR) is 116 cm³/mol. The average Bonchev–Trinajstić information content (AvgIpc) is 3.54. The third-order valence-electron chi connectivity index (χ3n) is 6.48. The molecule has 0 bridgehead atoms. The van der Waals surface area contributed by atoms with Gasteiger partial charge in [-0.3, -0.25) is 9.59 Å². The van der Waals surface area contributed by atoms with Gasteiger partial charge in [0, 0.05) is 50.4 Å². The van der Waals surface area contributed by atoms with Gasteiger partial charge in [0.05, 0.1) is 11.3 Å². The molecule has 2 saturated heterocycles. The van der Waals surface area contributed by atoms with Crippen molar-refractivity contribution in [3.05, 3.63) is 23.8 Å². The number of hydrogen-bond acceptors (Lipinski definition) is 4. The van der Waals surface area contributed by atoms with Crippen molar-refractivity contribution in [2.75, 3.05) is 50.0 Å². The molecular weight excluding hydrogens is 364 g/mol. The number of carbonyl (C=O) groups excluding carboxylic acids is 2. The fraction of sp³-hybridized carbons (Fsp3) is 0.652. The van der Waals surface area contributed by atoms with E-state index in [-0.39, 0.29) is 23.8 Å². The first-order valence-corrected chi connectivity index (χ1v) is 11.2. The number of rotatable bonds is 4. The maximum Gasteiger partial charge on any atom is 0.256 e. The SMILES string of the molecule is CC1CN(C)CCN1C(=O)c1ccc(NC(=O)C2CC2)cc1N1CCCCCC1. The van der Waals surface area contributed by atoms with Crippen molar-refractivity contribution in [3.8, 4) is 0 Å². The van der Waals surface area contributed by atoms with Gasteiger partial charge in [-0.2, -0.15) is 0 Å². The summed E-state index contributed by atoms with van der Waals surface area (Å²) in [6.07, 6.45) is 6.76. The Hall–Kier alpha value is -2.08. The Kier molecular flexibility index (Phi) is 6.09. The van der Waals surface area contributed by atoms with Crippen LogP contribution in [0.5, 0.6) is 0 Å². The fourth-order valence-electron chi connectivity index (χ4n) is 4.55. The molecule has 1 aromatic carbocycles. The Balaban J connectivity index is 1.61. The Morgan fingerprint density at radius 2 is 1.72 bits per heavy atom. The number of nitrogens with one attached hydrogen (secondary N) is 1. The van der Waals surface area contributed by atoms with Crippen molar-refractivity contribution in [3.63, 3.8) is 0 Å². The van der Waals surface area contributed by atoms with Crippen LogP contribution < -0.4 is 10.2 Å². The van der Waals surface area contributed by atoms with E-state index in [4.69, 9.17) is 0 Å².